The number of Topliss-reactive ketones (excluding diaryl/α,β-unsaturated/α-hetero) is 1. The normalized spacial score (nSPS) is 36.8. The Balaban J connectivity index is 2.43. The number of methoxy groups -OCH3 is 1. The van der Waals surface area contributed by atoms with Crippen LogP contribution in [0.25, 0.3) is 0 Å². The number of hydrogen-bond acceptors (Lipinski definition) is 2. The Morgan fingerprint density at radius 3 is 2.50 bits per heavy atom. The van der Waals surface area contributed by atoms with E-state index in [1.807, 2.05) is 12.2 Å². The first kappa shape index (κ1) is 11.6. The van der Waals surface area contributed by atoms with Crippen LogP contribution >= 0.6 is 0 Å². The van der Waals surface area contributed by atoms with Crippen LogP contribution in [-0.4, -0.2) is 19.0 Å². The van der Waals surface area contributed by atoms with Crippen LogP contribution in [0.15, 0.2) is 25.3 Å². The third-order valence-electron chi connectivity index (χ3n) is 4.43. The number of hydrogen-bond donors (Lipinski definition) is 0. The van der Waals surface area contributed by atoms with E-state index in [1.54, 1.807) is 7.11 Å². The van der Waals surface area contributed by atoms with Gasteiger partial charge in [0.2, 0.25) is 0 Å². The lowest BCUT2D eigenvalue weighted by Gasteiger charge is -2.36. The largest absolute Gasteiger partial charge is 0.372 e. The van der Waals surface area contributed by atoms with E-state index in [4.69, 9.17) is 4.74 Å². The van der Waals surface area contributed by atoms with Crippen molar-refractivity contribution in [2.24, 2.45) is 17.3 Å². The van der Waals surface area contributed by atoms with Gasteiger partial charge in [-0.2, -0.15) is 0 Å². The Labute approximate surface area is 97.4 Å². The monoisotopic (exact) mass is 220 g/mol. The van der Waals surface area contributed by atoms with Gasteiger partial charge in [-0.1, -0.05) is 25.0 Å². The maximum Gasteiger partial charge on any atom is 0.166 e. The maximum atomic E-state index is 12.3. The van der Waals surface area contributed by atoms with Crippen molar-refractivity contribution < 1.29 is 9.53 Å². The summed E-state index contributed by atoms with van der Waals surface area (Å²) >= 11 is 0. The molecular formula is C14H20O2. The molecule has 0 aromatic rings. The summed E-state index contributed by atoms with van der Waals surface area (Å²) in [7, 11) is 1.61. The molecule has 0 N–H and O–H groups in total. The van der Waals surface area contributed by atoms with Gasteiger partial charge >= 0.3 is 0 Å². The first-order valence-corrected chi connectivity index (χ1v) is 6.05. The quantitative estimate of drug-likeness (QED) is 0.684. The second kappa shape index (κ2) is 4.17. The minimum atomic E-state index is -0.365. The molecule has 0 spiro atoms. The van der Waals surface area contributed by atoms with E-state index in [1.165, 1.54) is 6.42 Å². The van der Waals surface area contributed by atoms with Gasteiger partial charge in [0.05, 0.1) is 0 Å². The van der Waals surface area contributed by atoms with Crippen LogP contribution in [0.1, 0.15) is 25.7 Å². The predicted octanol–water partition coefficient (Wildman–Crippen LogP) is 2.75. The fraction of sp³-hybridized carbons (Fsp3) is 0.643. The zero-order chi connectivity index (χ0) is 11.8. The molecule has 3 atom stereocenters. The van der Waals surface area contributed by atoms with E-state index in [9.17, 15) is 4.79 Å². The van der Waals surface area contributed by atoms with Crippen molar-refractivity contribution in [3.05, 3.63) is 25.3 Å². The second-order valence-electron chi connectivity index (χ2n) is 4.92. The average molecular weight is 220 g/mol. The lowest BCUT2D eigenvalue weighted by atomic mass is 9.69. The molecule has 0 aromatic carbocycles. The van der Waals surface area contributed by atoms with Gasteiger partial charge in [-0.3, -0.25) is 4.79 Å². The molecule has 2 saturated carbocycles. The molecule has 0 unspecified atom stereocenters. The Morgan fingerprint density at radius 1 is 1.31 bits per heavy atom. The molecule has 2 aliphatic rings. The van der Waals surface area contributed by atoms with Crippen molar-refractivity contribution in [1.82, 2.24) is 0 Å². The summed E-state index contributed by atoms with van der Waals surface area (Å²) in [5.74, 6) is 0.774. The topological polar surface area (TPSA) is 26.3 Å². The Bertz CT molecular complexity index is 311. The molecule has 2 aliphatic carbocycles. The lowest BCUT2D eigenvalue weighted by molar-refractivity contribution is -0.130. The van der Waals surface area contributed by atoms with Crippen molar-refractivity contribution in [3.63, 3.8) is 0 Å². The molecule has 0 aromatic heterocycles. The summed E-state index contributed by atoms with van der Waals surface area (Å²) < 4.78 is 5.42. The zero-order valence-electron chi connectivity index (χ0n) is 9.95. The zero-order valence-corrected chi connectivity index (χ0v) is 9.95. The summed E-state index contributed by atoms with van der Waals surface area (Å²) in [6.07, 6.45) is 7.85. The molecule has 2 rings (SSSR count). The van der Waals surface area contributed by atoms with Crippen LogP contribution in [-0.2, 0) is 9.53 Å². The molecule has 0 radical (unpaired) electrons. The first-order chi connectivity index (χ1) is 7.71. The summed E-state index contributed by atoms with van der Waals surface area (Å²) in [5.41, 5.74) is -0.336. The van der Waals surface area contributed by atoms with Gasteiger partial charge < -0.3 is 4.74 Å². The van der Waals surface area contributed by atoms with Crippen LogP contribution in [0.4, 0.5) is 0 Å². The molecule has 0 heterocycles. The van der Waals surface area contributed by atoms with Gasteiger partial charge in [-0.25, -0.2) is 0 Å². The fourth-order valence-electron chi connectivity index (χ4n) is 3.63. The van der Waals surface area contributed by atoms with Crippen LogP contribution < -0.4 is 0 Å². The fourth-order valence-corrected chi connectivity index (χ4v) is 3.63. The van der Waals surface area contributed by atoms with Crippen LogP contribution in [0.5, 0.6) is 0 Å². The van der Waals surface area contributed by atoms with Crippen molar-refractivity contribution in [2.45, 2.75) is 31.8 Å². The van der Waals surface area contributed by atoms with Gasteiger partial charge in [-0.05, 0) is 18.8 Å². The van der Waals surface area contributed by atoms with E-state index < -0.39 is 0 Å². The van der Waals surface area contributed by atoms with Crippen molar-refractivity contribution in [2.75, 3.05) is 7.11 Å². The highest BCUT2D eigenvalue weighted by Gasteiger charge is 2.57. The minimum Gasteiger partial charge on any atom is -0.372 e. The summed E-state index contributed by atoms with van der Waals surface area (Å²) in [5, 5.41) is 0. The van der Waals surface area contributed by atoms with Crippen molar-refractivity contribution in [3.8, 4) is 0 Å². The highest BCUT2D eigenvalue weighted by molar-refractivity contribution is 5.90. The number of fused-ring (bicyclic) bond motifs is 1. The van der Waals surface area contributed by atoms with E-state index in [0.29, 0.717) is 5.92 Å². The SMILES string of the molecule is C=CC1(C=C)[C@@H](OC)C(=O)[C@@H]2CCCC[C@@H]21. The summed E-state index contributed by atoms with van der Waals surface area (Å²) in [6, 6.07) is 0. The van der Waals surface area contributed by atoms with Crippen molar-refractivity contribution in [1.29, 1.82) is 0 Å². The van der Waals surface area contributed by atoms with Gasteiger partial charge in [-0.15, -0.1) is 13.2 Å². The van der Waals surface area contributed by atoms with Crippen LogP contribution in [0.2, 0.25) is 0 Å². The Morgan fingerprint density at radius 2 is 1.94 bits per heavy atom. The lowest BCUT2D eigenvalue weighted by Crippen LogP contribution is -2.35. The van der Waals surface area contributed by atoms with Gasteiger partial charge in [0.1, 0.15) is 6.10 Å². The first-order valence-electron chi connectivity index (χ1n) is 6.05. The Kier molecular flexibility index (Phi) is 3.02. The number of carbonyl (C=O) groups is 1. The highest BCUT2D eigenvalue weighted by atomic mass is 16.5. The Hall–Kier alpha value is -0.890. The van der Waals surface area contributed by atoms with Crippen molar-refractivity contribution >= 4 is 5.78 Å². The van der Waals surface area contributed by atoms with E-state index in [0.717, 1.165) is 19.3 Å². The molecule has 2 fully saturated rings. The highest BCUT2D eigenvalue weighted by Crippen LogP contribution is 2.53. The molecule has 0 aliphatic heterocycles. The molecule has 88 valence electrons. The summed E-state index contributed by atoms with van der Waals surface area (Å²) in [4.78, 5) is 12.3. The number of carbonyl (C=O) groups excluding carboxylic acids is 1. The van der Waals surface area contributed by atoms with Crippen LogP contribution in [0, 0.1) is 17.3 Å². The molecule has 2 nitrogen and oxygen atoms in total. The third kappa shape index (κ3) is 1.32. The molecule has 0 bridgehead atoms. The summed E-state index contributed by atoms with van der Waals surface area (Å²) in [6.45, 7) is 7.81. The van der Waals surface area contributed by atoms with Crippen LogP contribution in [0.3, 0.4) is 0 Å². The molecule has 2 heteroatoms. The second-order valence-corrected chi connectivity index (χ2v) is 4.92. The maximum absolute atomic E-state index is 12.3. The standard InChI is InChI=1S/C14H20O2/c1-4-14(5-2)11-9-7-6-8-10(11)12(15)13(14)16-3/h4-5,10-11,13H,1-2,6-9H2,3H3/t10-,11+,13+/m1/s1. The number of rotatable bonds is 3. The molecule has 0 saturated heterocycles. The predicted molar refractivity (Wildman–Crippen MR) is 64.1 cm³/mol. The number of ketones is 1. The van der Waals surface area contributed by atoms with Gasteiger partial charge in [0, 0.05) is 18.4 Å². The average Bonchev–Trinajstić information content (AvgIpc) is 2.59. The van der Waals surface area contributed by atoms with E-state index in [2.05, 4.69) is 13.2 Å². The van der Waals surface area contributed by atoms with Gasteiger partial charge in [0.25, 0.3) is 0 Å². The van der Waals surface area contributed by atoms with E-state index in [-0.39, 0.29) is 23.2 Å². The smallest absolute Gasteiger partial charge is 0.166 e. The molecular weight excluding hydrogens is 200 g/mol. The molecule has 16 heavy (non-hydrogen) atoms. The third-order valence-corrected chi connectivity index (χ3v) is 4.43. The van der Waals surface area contributed by atoms with E-state index >= 15 is 0 Å². The number of ether oxygens (including phenoxy) is 1. The minimum absolute atomic E-state index is 0.162. The molecule has 0 amide bonds. The van der Waals surface area contributed by atoms with Gasteiger partial charge in [0.15, 0.2) is 5.78 Å².